The number of nitrogens with two attached hydrogens (primary N) is 1. The van der Waals surface area contributed by atoms with Crippen molar-refractivity contribution in [2.24, 2.45) is 11.1 Å². The highest BCUT2D eigenvalue weighted by molar-refractivity contribution is 7.92. The molecule has 102 valence electrons. The van der Waals surface area contributed by atoms with E-state index < -0.39 is 26.0 Å². The summed E-state index contributed by atoms with van der Waals surface area (Å²) in [5.41, 5.74) is 4.36. The predicted molar refractivity (Wildman–Crippen MR) is 67.6 cm³/mol. The molecular formula is C11H23NO4S. The summed E-state index contributed by atoms with van der Waals surface area (Å²) in [6.45, 7) is 6.50. The SMILES string of the molecule is CCC(CN)(CCS(=O)(=O)C(C)(C)C)C(=O)O. The van der Waals surface area contributed by atoms with E-state index in [4.69, 9.17) is 10.8 Å². The molecule has 0 spiro atoms. The predicted octanol–water partition coefficient (Wildman–Crippen LogP) is 1.03. The Hall–Kier alpha value is -0.620. The Kier molecular flexibility index (Phi) is 5.16. The van der Waals surface area contributed by atoms with Crippen LogP contribution < -0.4 is 5.73 Å². The van der Waals surface area contributed by atoms with Crippen LogP contribution in [0.3, 0.4) is 0 Å². The van der Waals surface area contributed by atoms with Crippen molar-refractivity contribution in [2.45, 2.75) is 45.3 Å². The fourth-order valence-electron chi connectivity index (χ4n) is 1.40. The summed E-state index contributed by atoms with van der Waals surface area (Å²) >= 11 is 0. The minimum absolute atomic E-state index is 0.0432. The number of aliphatic carboxylic acids is 1. The number of carboxylic acids is 1. The maximum Gasteiger partial charge on any atom is 0.310 e. The zero-order valence-corrected chi connectivity index (χ0v) is 11.8. The Labute approximate surface area is 103 Å². The van der Waals surface area contributed by atoms with Gasteiger partial charge in [-0.3, -0.25) is 4.79 Å². The standard InChI is InChI=1S/C11H23NO4S/c1-5-11(8-12,9(13)14)6-7-17(15,16)10(2,3)4/h5-8,12H2,1-4H3,(H,13,14). The summed E-state index contributed by atoms with van der Waals surface area (Å²) in [6.07, 6.45) is 0.396. The van der Waals surface area contributed by atoms with E-state index in [2.05, 4.69) is 0 Å². The maximum atomic E-state index is 11.9. The summed E-state index contributed by atoms with van der Waals surface area (Å²) in [6, 6.07) is 0. The zero-order chi connectivity index (χ0) is 13.9. The molecule has 0 aromatic carbocycles. The van der Waals surface area contributed by atoms with E-state index >= 15 is 0 Å². The molecule has 0 fully saturated rings. The molecule has 0 aliphatic carbocycles. The van der Waals surface area contributed by atoms with Gasteiger partial charge in [-0.25, -0.2) is 8.42 Å². The monoisotopic (exact) mass is 265 g/mol. The van der Waals surface area contributed by atoms with Gasteiger partial charge < -0.3 is 10.8 Å². The van der Waals surface area contributed by atoms with Crippen molar-refractivity contribution in [3.8, 4) is 0 Å². The lowest BCUT2D eigenvalue weighted by Gasteiger charge is -2.28. The molecule has 0 aliphatic heterocycles. The summed E-state index contributed by atoms with van der Waals surface area (Å²) in [4.78, 5) is 11.2. The van der Waals surface area contributed by atoms with Crippen LogP contribution in [0.1, 0.15) is 40.5 Å². The topological polar surface area (TPSA) is 97.5 Å². The average molecular weight is 265 g/mol. The summed E-state index contributed by atoms with van der Waals surface area (Å²) < 4.78 is 23.0. The first-order valence-electron chi connectivity index (χ1n) is 5.68. The van der Waals surface area contributed by atoms with E-state index in [9.17, 15) is 13.2 Å². The first-order valence-corrected chi connectivity index (χ1v) is 7.33. The van der Waals surface area contributed by atoms with Crippen molar-refractivity contribution < 1.29 is 18.3 Å². The van der Waals surface area contributed by atoms with Crippen molar-refractivity contribution in [3.05, 3.63) is 0 Å². The molecule has 0 rings (SSSR count). The van der Waals surface area contributed by atoms with Crippen molar-refractivity contribution in [2.75, 3.05) is 12.3 Å². The molecular weight excluding hydrogens is 242 g/mol. The molecule has 1 unspecified atom stereocenters. The van der Waals surface area contributed by atoms with Gasteiger partial charge in [-0.15, -0.1) is 0 Å². The molecule has 0 radical (unpaired) electrons. The van der Waals surface area contributed by atoms with Crippen molar-refractivity contribution in [1.82, 2.24) is 0 Å². The summed E-state index contributed by atoms with van der Waals surface area (Å²) in [7, 11) is -3.30. The molecule has 0 aromatic rings. The van der Waals surface area contributed by atoms with Crippen molar-refractivity contribution in [1.29, 1.82) is 0 Å². The molecule has 5 nitrogen and oxygen atoms in total. The molecule has 0 amide bonds. The van der Waals surface area contributed by atoms with Gasteiger partial charge >= 0.3 is 5.97 Å². The molecule has 0 heterocycles. The van der Waals surface area contributed by atoms with Crippen LogP contribution in [-0.4, -0.2) is 36.5 Å². The molecule has 0 saturated heterocycles. The molecule has 0 bridgehead atoms. The normalized spacial score (nSPS) is 16.5. The molecule has 17 heavy (non-hydrogen) atoms. The highest BCUT2D eigenvalue weighted by atomic mass is 32.2. The van der Waals surface area contributed by atoms with Gasteiger partial charge in [0.05, 0.1) is 15.9 Å². The van der Waals surface area contributed by atoms with Crippen LogP contribution in [0.25, 0.3) is 0 Å². The lowest BCUT2D eigenvalue weighted by atomic mass is 9.83. The first-order chi connectivity index (χ1) is 7.52. The van der Waals surface area contributed by atoms with Crippen LogP contribution in [-0.2, 0) is 14.6 Å². The quantitative estimate of drug-likeness (QED) is 0.747. The van der Waals surface area contributed by atoms with Crippen LogP contribution in [0.15, 0.2) is 0 Å². The zero-order valence-electron chi connectivity index (χ0n) is 11.0. The van der Waals surface area contributed by atoms with Gasteiger partial charge in [0.2, 0.25) is 0 Å². The fourth-order valence-corrected chi connectivity index (χ4v) is 2.68. The lowest BCUT2D eigenvalue weighted by Crippen LogP contribution is -2.41. The largest absolute Gasteiger partial charge is 0.481 e. The Morgan fingerprint density at radius 3 is 2.00 bits per heavy atom. The van der Waals surface area contributed by atoms with Crippen LogP contribution in [0.5, 0.6) is 0 Å². The van der Waals surface area contributed by atoms with E-state index in [1.54, 1.807) is 27.7 Å². The number of hydrogen-bond acceptors (Lipinski definition) is 4. The minimum atomic E-state index is -3.30. The third-order valence-corrected chi connectivity index (χ3v) is 5.91. The van der Waals surface area contributed by atoms with E-state index in [0.29, 0.717) is 6.42 Å². The van der Waals surface area contributed by atoms with E-state index in [1.807, 2.05) is 0 Å². The molecule has 0 saturated carbocycles. The summed E-state index contributed by atoms with van der Waals surface area (Å²) in [5, 5.41) is 9.15. The Morgan fingerprint density at radius 2 is 1.76 bits per heavy atom. The van der Waals surface area contributed by atoms with Gasteiger partial charge in [-0.1, -0.05) is 6.92 Å². The van der Waals surface area contributed by atoms with Gasteiger partial charge in [0, 0.05) is 6.54 Å². The van der Waals surface area contributed by atoms with Gasteiger partial charge in [-0.05, 0) is 33.6 Å². The van der Waals surface area contributed by atoms with Gasteiger partial charge in [0.1, 0.15) is 0 Å². The average Bonchev–Trinajstić information content (AvgIpc) is 2.17. The number of hydrogen-bond donors (Lipinski definition) is 2. The van der Waals surface area contributed by atoms with Crippen LogP contribution in [0, 0.1) is 5.41 Å². The van der Waals surface area contributed by atoms with Crippen molar-refractivity contribution in [3.63, 3.8) is 0 Å². The maximum absolute atomic E-state index is 11.9. The van der Waals surface area contributed by atoms with Crippen LogP contribution in [0.2, 0.25) is 0 Å². The van der Waals surface area contributed by atoms with Gasteiger partial charge in [-0.2, -0.15) is 0 Å². The molecule has 1 atom stereocenters. The fraction of sp³-hybridized carbons (Fsp3) is 0.909. The molecule has 6 heteroatoms. The second kappa shape index (κ2) is 5.35. The van der Waals surface area contributed by atoms with E-state index in [1.165, 1.54) is 0 Å². The highest BCUT2D eigenvalue weighted by Crippen LogP contribution is 2.28. The third kappa shape index (κ3) is 3.67. The van der Waals surface area contributed by atoms with E-state index in [-0.39, 0.29) is 18.7 Å². The van der Waals surface area contributed by atoms with Crippen LogP contribution >= 0.6 is 0 Å². The Morgan fingerprint density at radius 1 is 1.29 bits per heavy atom. The molecule has 3 N–H and O–H groups in total. The second-order valence-corrected chi connectivity index (χ2v) is 8.19. The summed E-state index contributed by atoms with van der Waals surface area (Å²) in [5.74, 6) is -1.17. The smallest absolute Gasteiger partial charge is 0.310 e. The second-order valence-electron chi connectivity index (χ2n) is 5.32. The van der Waals surface area contributed by atoms with Gasteiger partial charge in [0.15, 0.2) is 9.84 Å². The lowest BCUT2D eigenvalue weighted by molar-refractivity contribution is -0.148. The third-order valence-electron chi connectivity index (χ3n) is 3.30. The number of carbonyl (C=O) groups is 1. The van der Waals surface area contributed by atoms with Crippen molar-refractivity contribution >= 4 is 15.8 Å². The van der Waals surface area contributed by atoms with E-state index in [0.717, 1.165) is 0 Å². The van der Waals surface area contributed by atoms with Gasteiger partial charge in [0.25, 0.3) is 0 Å². The Bertz CT molecular complexity index is 363. The molecule has 0 aromatic heterocycles. The first kappa shape index (κ1) is 16.4. The minimum Gasteiger partial charge on any atom is -0.481 e. The van der Waals surface area contributed by atoms with Crippen LogP contribution in [0.4, 0.5) is 0 Å². The number of rotatable bonds is 6. The Balaban J connectivity index is 4.93. The number of carboxylic acid groups (broad SMARTS) is 1. The highest BCUT2D eigenvalue weighted by Gasteiger charge is 2.38. The molecule has 0 aliphatic rings. The number of sulfone groups is 1.